The summed E-state index contributed by atoms with van der Waals surface area (Å²) in [7, 11) is 0. The Hall–Kier alpha value is -4.08. The third-order valence-corrected chi connectivity index (χ3v) is 7.49. The highest BCUT2D eigenvalue weighted by atomic mass is 32.1. The molecular weight excluding hydrogens is 488 g/mol. The van der Waals surface area contributed by atoms with Gasteiger partial charge in [-0.2, -0.15) is 0 Å². The highest BCUT2D eigenvalue weighted by Gasteiger charge is 2.42. The van der Waals surface area contributed by atoms with Gasteiger partial charge < -0.3 is 15.5 Å². The first-order chi connectivity index (χ1) is 17.6. The summed E-state index contributed by atoms with van der Waals surface area (Å²) in [5.41, 5.74) is 4.58. The van der Waals surface area contributed by atoms with E-state index in [4.69, 9.17) is 17.2 Å². The number of thiocarbonyl (C=S) groups is 1. The molecule has 7 nitrogen and oxygen atoms in total. The molecule has 6 rings (SSSR count). The lowest BCUT2D eigenvalue weighted by atomic mass is 10.0. The van der Waals surface area contributed by atoms with Crippen LogP contribution in [0.2, 0.25) is 0 Å². The van der Waals surface area contributed by atoms with Gasteiger partial charge in [0.25, 0.3) is 0 Å². The van der Waals surface area contributed by atoms with E-state index in [0.29, 0.717) is 5.11 Å². The van der Waals surface area contributed by atoms with Crippen LogP contribution >= 0.6 is 23.6 Å². The second kappa shape index (κ2) is 9.18. The number of benzene rings is 2. The molecule has 1 saturated heterocycles. The molecule has 0 unspecified atom stereocenters. The summed E-state index contributed by atoms with van der Waals surface area (Å²) in [6.45, 7) is 1.50. The van der Waals surface area contributed by atoms with Gasteiger partial charge in [0.1, 0.15) is 6.04 Å². The van der Waals surface area contributed by atoms with Crippen molar-refractivity contribution in [2.24, 2.45) is 0 Å². The minimum Gasteiger partial charge on any atom is -0.351 e. The average Bonchev–Trinajstić information content (AvgIpc) is 3.61. The second-order valence-corrected chi connectivity index (χ2v) is 9.89. The first kappa shape index (κ1) is 22.4. The molecule has 9 heteroatoms. The van der Waals surface area contributed by atoms with Gasteiger partial charge in [0, 0.05) is 30.7 Å². The smallest absolute Gasteiger partial charge is 0.221 e. The van der Waals surface area contributed by atoms with Gasteiger partial charge in [0.05, 0.1) is 27.6 Å². The molecule has 0 radical (unpaired) electrons. The average molecular weight is 511 g/mol. The van der Waals surface area contributed by atoms with Crippen molar-refractivity contribution in [2.45, 2.75) is 19.0 Å². The number of carbonyl (C=O) groups is 1. The zero-order valence-electron chi connectivity index (χ0n) is 19.3. The molecule has 2 N–H and O–H groups in total. The Morgan fingerprint density at radius 2 is 1.83 bits per heavy atom. The second-order valence-electron chi connectivity index (χ2n) is 8.49. The molecule has 0 spiro atoms. The van der Waals surface area contributed by atoms with Gasteiger partial charge in [-0.05, 0) is 72.9 Å². The van der Waals surface area contributed by atoms with Crippen LogP contribution in [-0.4, -0.2) is 25.6 Å². The number of rotatable bonds is 5. The summed E-state index contributed by atoms with van der Waals surface area (Å²) in [5, 5.41) is 7.84. The van der Waals surface area contributed by atoms with Crippen LogP contribution in [0.5, 0.6) is 0 Å². The lowest BCUT2D eigenvalue weighted by Crippen LogP contribution is -2.30. The van der Waals surface area contributed by atoms with Crippen LogP contribution in [0, 0.1) is 0 Å². The SMILES string of the molecule is CC(=O)Nc1ccc(N2C(=S)N[C@H](c3ccccn3)[C@H]2c2cccn2-c2nc3ccccc3s2)cc1. The highest BCUT2D eigenvalue weighted by Crippen LogP contribution is 2.43. The summed E-state index contributed by atoms with van der Waals surface area (Å²) in [6.07, 6.45) is 3.84. The molecule has 1 aliphatic rings. The van der Waals surface area contributed by atoms with Crippen molar-refractivity contribution >= 4 is 56.2 Å². The van der Waals surface area contributed by atoms with Crippen LogP contribution in [-0.2, 0) is 4.79 Å². The lowest BCUT2D eigenvalue weighted by molar-refractivity contribution is -0.114. The van der Waals surface area contributed by atoms with E-state index in [1.807, 2.05) is 72.9 Å². The highest BCUT2D eigenvalue weighted by molar-refractivity contribution is 7.80. The molecule has 36 heavy (non-hydrogen) atoms. The molecule has 0 aliphatic carbocycles. The predicted octanol–water partition coefficient (Wildman–Crippen LogP) is 5.62. The maximum absolute atomic E-state index is 11.5. The Morgan fingerprint density at radius 3 is 2.58 bits per heavy atom. The Balaban J connectivity index is 1.47. The minimum atomic E-state index is -0.180. The van der Waals surface area contributed by atoms with Crippen LogP contribution in [0.25, 0.3) is 15.3 Å². The summed E-state index contributed by atoms with van der Waals surface area (Å²) in [4.78, 5) is 23.1. The largest absolute Gasteiger partial charge is 0.351 e. The summed E-state index contributed by atoms with van der Waals surface area (Å²) in [6, 6.07) is 25.6. The van der Waals surface area contributed by atoms with E-state index in [1.54, 1.807) is 17.5 Å². The molecule has 178 valence electrons. The van der Waals surface area contributed by atoms with Gasteiger partial charge in [-0.15, -0.1) is 0 Å². The van der Waals surface area contributed by atoms with Gasteiger partial charge >= 0.3 is 0 Å². The number of hydrogen-bond acceptors (Lipinski definition) is 5. The van der Waals surface area contributed by atoms with Gasteiger partial charge in [0.2, 0.25) is 5.91 Å². The summed E-state index contributed by atoms with van der Waals surface area (Å²) in [5.74, 6) is -0.108. The molecule has 2 atom stereocenters. The van der Waals surface area contributed by atoms with Crippen LogP contribution in [0.1, 0.15) is 30.4 Å². The van der Waals surface area contributed by atoms with E-state index in [1.165, 1.54) is 6.92 Å². The zero-order chi connectivity index (χ0) is 24.6. The topological polar surface area (TPSA) is 75.1 Å². The van der Waals surface area contributed by atoms with Crippen LogP contribution < -0.4 is 15.5 Å². The molecule has 0 saturated carbocycles. The molecule has 0 bridgehead atoms. The fourth-order valence-corrected chi connectivity index (χ4v) is 5.93. The van der Waals surface area contributed by atoms with Gasteiger partial charge in [-0.3, -0.25) is 14.3 Å². The molecule has 2 aromatic carbocycles. The van der Waals surface area contributed by atoms with Crippen LogP contribution in [0.4, 0.5) is 11.4 Å². The predicted molar refractivity (Wildman–Crippen MR) is 148 cm³/mol. The fraction of sp³-hybridized carbons (Fsp3) is 0.111. The number of thiazole rings is 1. The Bertz CT molecular complexity index is 1530. The van der Waals surface area contributed by atoms with Crippen molar-refractivity contribution in [3.05, 3.63) is 103 Å². The van der Waals surface area contributed by atoms with Crippen molar-refractivity contribution in [3.8, 4) is 5.13 Å². The molecular formula is C27H22N6OS2. The quantitative estimate of drug-likeness (QED) is 0.299. The third-order valence-electron chi connectivity index (χ3n) is 6.14. The van der Waals surface area contributed by atoms with E-state index in [9.17, 15) is 4.79 Å². The van der Waals surface area contributed by atoms with Crippen molar-refractivity contribution in [3.63, 3.8) is 0 Å². The molecule has 3 aromatic heterocycles. The number of anilines is 2. The van der Waals surface area contributed by atoms with E-state index in [2.05, 4.69) is 37.2 Å². The Morgan fingerprint density at radius 1 is 1.03 bits per heavy atom. The molecule has 1 fully saturated rings. The summed E-state index contributed by atoms with van der Waals surface area (Å²) >= 11 is 7.52. The molecule has 1 aliphatic heterocycles. The normalized spacial score (nSPS) is 17.4. The van der Waals surface area contributed by atoms with Crippen molar-refractivity contribution < 1.29 is 4.79 Å². The van der Waals surface area contributed by atoms with Crippen LogP contribution in [0.15, 0.2) is 91.3 Å². The van der Waals surface area contributed by atoms with E-state index in [-0.39, 0.29) is 18.0 Å². The first-order valence-electron chi connectivity index (χ1n) is 11.5. The number of fused-ring (bicyclic) bond motifs is 1. The third kappa shape index (κ3) is 4.02. The number of pyridine rings is 1. The summed E-state index contributed by atoms with van der Waals surface area (Å²) < 4.78 is 3.28. The number of aromatic nitrogens is 3. The Kier molecular flexibility index (Phi) is 5.71. The Labute approximate surface area is 217 Å². The van der Waals surface area contributed by atoms with Crippen molar-refractivity contribution in [2.75, 3.05) is 10.2 Å². The van der Waals surface area contributed by atoms with E-state index in [0.717, 1.165) is 38.1 Å². The van der Waals surface area contributed by atoms with E-state index < -0.39 is 0 Å². The minimum absolute atomic E-state index is 0.108. The van der Waals surface area contributed by atoms with Gasteiger partial charge in [0.15, 0.2) is 10.2 Å². The molecule has 5 aromatic rings. The number of para-hydroxylation sites is 1. The van der Waals surface area contributed by atoms with Gasteiger partial charge in [-0.1, -0.05) is 29.5 Å². The lowest BCUT2D eigenvalue weighted by Gasteiger charge is -2.28. The first-order valence-corrected chi connectivity index (χ1v) is 12.7. The van der Waals surface area contributed by atoms with Crippen molar-refractivity contribution in [1.29, 1.82) is 0 Å². The zero-order valence-corrected chi connectivity index (χ0v) is 21.0. The fourth-order valence-electron chi connectivity index (χ4n) is 4.61. The van der Waals surface area contributed by atoms with Crippen molar-refractivity contribution in [1.82, 2.24) is 19.9 Å². The maximum atomic E-state index is 11.5. The number of hydrogen-bond donors (Lipinski definition) is 2. The maximum Gasteiger partial charge on any atom is 0.221 e. The van der Waals surface area contributed by atoms with E-state index >= 15 is 0 Å². The number of carbonyl (C=O) groups excluding carboxylic acids is 1. The standard InChI is InChI=1S/C27H22N6OS2/c1-17(34)29-18-11-13-19(14-12-18)33-25(24(31-26(33)35)21-8-4-5-15-28-21)22-9-6-16-32(22)27-30-20-7-2-3-10-23(20)36-27/h2-16,24-25H,1H3,(H,29,34)(H,31,35)/t24-,25-/m1/s1. The number of amides is 1. The van der Waals surface area contributed by atoms with Gasteiger partial charge in [-0.25, -0.2) is 4.98 Å². The number of nitrogens with one attached hydrogen (secondary N) is 2. The molecule has 1 amide bonds. The number of nitrogens with zero attached hydrogens (tertiary/aromatic N) is 4. The molecule has 4 heterocycles. The monoisotopic (exact) mass is 510 g/mol. The van der Waals surface area contributed by atoms with Crippen LogP contribution in [0.3, 0.4) is 0 Å².